The lowest BCUT2D eigenvalue weighted by Gasteiger charge is -2.19. The molecule has 1 N–H and O–H groups in total. The Morgan fingerprint density at radius 3 is 2.50 bits per heavy atom. The van der Waals surface area contributed by atoms with Gasteiger partial charge in [0.15, 0.2) is 0 Å². The zero-order chi connectivity index (χ0) is 24.9. The van der Waals surface area contributed by atoms with Crippen LogP contribution in [0.3, 0.4) is 0 Å². The summed E-state index contributed by atoms with van der Waals surface area (Å²) < 4.78 is 49.3. The van der Waals surface area contributed by atoms with Crippen LogP contribution < -0.4 is 9.47 Å². The third-order valence-corrected chi connectivity index (χ3v) is 5.01. The van der Waals surface area contributed by atoms with Crippen LogP contribution in [0, 0.1) is 13.8 Å². The third-order valence-electron chi connectivity index (χ3n) is 5.01. The molecule has 0 bridgehead atoms. The first-order chi connectivity index (χ1) is 16.1. The van der Waals surface area contributed by atoms with E-state index in [9.17, 15) is 23.1 Å². The molecule has 0 aliphatic heterocycles. The number of imidazole rings is 1. The molecule has 1 aromatic heterocycles. The Balaban J connectivity index is 1.92. The molecule has 6 nitrogen and oxygen atoms in total. The molecule has 0 radical (unpaired) electrons. The Hall–Kier alpha value is -3.75. The Kier molecular flexibility index (Phi) is 7.65. The third kappa shape index (κ3) is 6.63. The number of allylic oxidation sites excluding steroid dienone is 1. The van der Waals surface area contributed by atoms with Crippen molar-refractivity contribution < 1.29 is 32.5 Å². The summed E-state index contributed by atoms with van der Waals surface area (Å²) in [6.45, 7) is 5.98. The molecule has 3 aromatic rings. The van der Waals surface area contributed by atoms with Gasteiger partial charge in [0.25, 0.3) is 0 Å². The first-order valence-corrected chi connectivity index (χ1v) is 10.5. The van der Waals surface area contributed by atoms with Gasteiger partial charge in [-0.15, -0.1) is 13.2 Å². The van der Waals surface area contributed by atoms with Crippen LogP contribution in [0.15, 0.2) is 60.8 Å². The fraction of sp³-hybridized carbons (Fsp3) is 0.280. The Morgan fingerprint density at radius 2 is 1.88 bits per heavy atom. The molecule has 9 heteroatoms. The molecule has 2 aromatic carbocycles. The van der Waals surface area contributed by atoms with Gasteiger partial charge in [0, 0.05) is 23.0 Å². The van der Waals surface area contributed by atoms with Crippen molar-refractivity contribution >= 4 is 5.97 Å². The summed E-state index contributed by atoms with van der Waals surface area (Å²) in [4.78, 5) is 15.7. The molecule has 180 valence electrons. The number of nitrogens with zero attached hydrogens (tertiary/aromatic N) is 2. The summed E-state index contributed by atoms with van der Waals surface area (Å²) in [5.74, 6) is -0.168. The van der Waals surface area contributed by atoms with Gasteiger partial charge in [0.2, 0.25) is 0 Å². The van der Waals surface area contributed by atoms with E-state index in [1.807, 2.05) is 30.5 Å². The van der Waals surface area contributed by atoms with E-state index in [-0.39, 0.29) is 12.2 Å². The van der Waals surface area contributed by atoms with Crippen LogP contribution in [-0.4, -0.2) is 33.1 Å². The van der Waals surface area contributed by atoms with E-state index < -0.39 is 18.4 Å². The van der Waals surface area contributed by atoms with Crippen molar-refractivity contribution in [2.45, 2.75) is 46.2 Å². The molecule has 34 heavy (non-hydrogen) atoms. The Morgan fingerprint density at radius 1 is 1.18 bits per heavy atom. The molecule has 0 aliphatic carbocycles. The Labute approximate surface area is 195 Å². The van der Waals surface area contributed by atoms with Crippen LogP contribution in [0.25, 0.3) is 11.4 Å². The molecule has 0 aliphatic rings. The number of aromatic nitrogens is 2. The van der Waals surface area contributed by atoms with Crippen LogP contribution in [0.1, 0.15) is 30.2 Å². The van der Waals surface area contributed by atoms with E-state index in [4.69, 9.17) is 4.74 Å². The van der Waals surface area contributed by atoms with Crippen molar-refractivity contribution in [1.82, 2.24) is 9.55 Å². The van der Waals surface area contributed by atoms with Gasteiger partial charge in [-0.05, 0) is 57.2 Å². The van der Waals surface area contributed by atoms with E-state index in [1.165, 1.54) is 24.3 Å². The molecule has 0 saturated heterocycles. The highest BCUT2D eigenvalue weighted by Crippen LogP contribution is 2.29. The molecule has 0 fully saturated rings. The maximum absolute atomic E-state index is 12.5. The van der Waals surface area contributed by atoms with E-state index in [0.29, 0.717) is 23.7 Å². The van der Waals surface area contributed by atoms with Gasteiger partial charge >= 0.3 is 12.3 Å². The van der Waals surface area contributed by atoms with E-state index in [1.54, 1.807) is 31.3 Å². The van der Waals surface area contributed by atoms with E-state index >= 15 is 0 Å². The van der Waals surface area contributed by atoms with Gasteiger partial charge in [-0.2, -0.15) is 0 Å². The molecule has 3 rings (SSSR count). The number of carboxylic acid groups (broad SMARTS) is 1. The molecule has 1 heterocycles. The number of benzene rings is 2. The zero-order valence-corrected chi connectivity index (χ0v) is 19.0. The fourth-order valence-electron chi connectivity index (χ4n) is 3.51. The lowest BCUT2D eigenvalue weighted by Crippen LogP contribution is -2.19. The number of halogens is 3. The summed E-state index contributed by atoms with van der Waals surface area (Å²) in [5.41, 5.74) is 3.28. The highest BCUT2D eigenvalue weighted by atomic mass is 19.4. The molecular weight excluding hydrogens is 449 g/mol. The van der Waals surface area contributed by atoms with Crippen molar-refractivity contribution in [3.63, 3.8) is 0 Å². The van der Waals surface area contributed by atoms with Crippen LogP contribution in [-0.2, 0) is 11.3 Å². The number of aliphatic carboxylic acids is 1. The second-order valence-corrected chi connectivity index (χ2v) is 7.77. The van der Waals surface area contributed by atoms with E-state index in [2.05, 4.69) is 9.72 Å². The Bertz CT molecular complexity index is 1170. The molecular formula is C25H25F3N2O4. The summed E-state index contributed by atoms with van der Waals surface area (Å²) in [6, 6.07) is 11.2. The quantitative estimate of drug-likeness (QED) is 0.390. The van der Waals surface area contributed by atoms with Gasteiger partial charge in [0.05, 0.1) is 13.0 Å². The van der Waals surface area contributed by atoms with Gasteiger partial charge in [-0.25, -0.2) is 4.98 Å². The normalized spacial score (nSPS) is 12.6. The van der Waals surface area contributed by atoms with Crippen molar-refractivity contribution in [3.8, 4) is 22.9 Å². The highest BCUT2D eigenvalue weighted by Gasteiger charge is 2.31. The molecule has 1 unspecified atom stereocenters. The van der Waals surface area contributed by atoms with Crippen molar-refractivity contribution in [3.05, 3.63) is 77.6 Å². The van der Waals surface area contributed by atoms with Gasteiger partial charge < -0.3 is 19.1 Å². The molecule has 0 amide bonds. The first kappa shape index (κ1) is 24.9. The number of hydrogen-bond acceptors (Lipinski definition) is 4. The van der Waals surface area contributed by atoms with Crippen molar-refractivity contribution in [2.24, 2.45) is 0 Å². The van der Waals surface area contributed by atoms with Crippen LogP contribution in [0.5, 0.6) is 11.5 Å². The number of carboxylic acids is 1. The van der Waals surface area contributed by atoms with Gasteiger partial charge in [-0.3, -0.25) is 4.79 Å². The number of hydrogen-bond donors (Lipinski definition) is 1. The number of ether oxygens (including phenoxy) is 2. The average molecular weight is 474 g/mol. The minimum atomic E-state index is -4.76. The zero-order valence-electron chi connectivity index (χ0n) is 19.0. The monoisotopic (exact) mass is 474 g/mol. The fourth-order valence-corrected chi connectivity index (χ4v) is 3.51. The predicted molar refractivity (Wildman–Crippen MR) is 121 cm³/mol. The summed E-state index contributed by atoms with van der Waals surface area (Å²) in [7, 11) is 0. The first-order valence-electron chi connectivity index (χ1n) is 10.5. The van der Waals surface area contributed by atoms with Gasteiger partial charge in [-0.1, -0.05) is 23.8 Å². The van der Waals surface area contributed by atoms with Crippen molar-refractivity contribution in [1.29, 1.82) is 0 Å². The molecule has 1 atom stereocenters. The maximum atomic E-state index is 12.5. The second kappa shape index (κ2) is 10.5. The lowest BCUT2D eigenvalue weighted by atomic mass is 10.1. The predicted octanol–water partition coefficient (Wildman–Crippen LogP) is 5.91. The highest BCUT2D eigenvalue weighted by molar-refractivity contribution is 5.67. The summed E-state index contributed by atoms with van der Waals surface area (Å²) in [5, 5.41) is 9.19. The number of alkyl halides is 3. The standard InChI is InChI=1S/C25H25F3N2O4/c1-4-5-21(13-23(31)32)33-22-11-6-16(2)12-19(22)15-30-17(3)14-29-24(30)18-7-9-20(10-8-18)34-25(26,27)28/h4-12,14,21H,13,15H2,1-3H3,(H,31,32)/b5-4+. The van der Waals surface area contributed by atoms with Gasteiger partial charge in [0.1, 0.15) is 23.4 Å². The second-order valence-electron chi connectivity index (χ2n) is 7.77. The SMILES string of the molecule is C/C=C/C(CC(=O)O)Oc1ccc(C)cc1Cn1c(C)cnc1-c1ccc(OC(F)(F)F)cc1. The minimum absolute atomic E-state index is 0.181. The van der Waals surface area contributed by atoms with Crippen LogP contribution in [0.4, 0.5) is 13.2 Å². The summed E-state index contributed by atoms with van der Waals surface area (Å²) in [6.07, 6.45) is -0.461. The van der Waals surface area contributed by atoms with Crippen LogP contribution >= 0.6 is 0 Å². The van der Waals surface area contributed by atoms with E-state index in [0.717, 1.165) is 16.8 Å². The lowest BCUT2D eigenvalue weighted by molar-refractivity contribution is -0.274. The summed E-state index contributed by atoms with van der Waals surface area (Å²) >= 11 is 0. The van der Waals surface area contributed by atoms with Crippen LogP contribution in [0.2, 0.25) is 0 Å². The number of aryl methyl sites for hydroxylation is 2. The smallest absolute Gasteiger partial charge is 0.485 e. The maximum Gasteiger partial charge on any atom is 0.573 e. The average Bonchev–Trinajstić information content (AvgIpc) is 3.09. The number of carbonyl (C=O) groups is 1. The largest absolute Gasteiger partial charge is 0.573 e. The van der Waals surface area contributed by atoms with Crippen molar-refractivity contribution in [2.75, 3.05) is 0 Å². The molecule has 0 spiro atoms. The minimum Gasteiger partial charge on any atom is -0.485 e. The molecule has 0 saturated carbocycles. The number of rotatable bonds is 9. The topological polar surface area (TPSA) is 73.6 Å².